The zero-order chi connectivity index (χ0) is 10.7. The molecular weight excluding hydrogens is 212 g/mol. The summed E-state index contributed by atoms with van der Waals surface area (Å²) in [5.74, 6) is 0. The lowest BCUT2D eigenvalue weighted by Gasteiger charge is -2.16. The summed E-state index contributed by atoms with van der Waals surface area (Å²) in [5, 5.41) is 4.28. The second kappa shape index (κ2) is 4.05. The Morgan fingerprint density at radius 1 is 1.33 bits per heavy atom. The lowest BCUT2D eigenvalue weighted by Crippen LogP contribution is -2.30. The second-order valence-electron chi connectivity index (χ2n) is 2.76. The standard InChI is InChI=1S/C9H8N4OS/c10-9(14)13(8-6-11-12-15-8)7-4-2-1-3-5-7/h1-6H,(H2,10,14). The Morgan fingerprint density at radius 2 is 2.07 bits per heavy atom. The quantitative estimate of drug-likeness (QED) is 0.838. The number of benzene rings is 1. The van der Waals surface area contributed by atoms with Gasteiger partial charge in [-0.05, 0) is 12.1 Å². The molecule has 6 heteroatoms. The Morgan fingerprint density at radius 3 is 2.60 bits per heavy atom. The molecule has 2 N–H and O–H groups in total. The van der Waals surface area contributed by atoms with Gasteiger partial charge >= 0.3 is 6.03 Å². The van der Waals surface area contributed by atoms with Gasteiger partial charge in [-0.1, -0.05) is 22.7 Å². The minimum atomic E-state index is -0.549. The Labute approximate surface area is 90.3 Å². The van der Waals surface area contributed by atoms with Gasteiger partial charge in [0.15, 0.2) is 0 Å². The van der Waals surface area contributed by atoms with Gasteiger partial charge in [0.2, 0.25) is 0 Å². The minimum Gasteiger partial charge on any atom is -0.351 e. The summed E-state index contributed by atoms with van der Waals surface area (Å²) in [7, 11) is 0. The number of carbonyl (C=O) groups is 1. The van der Waals surface area contributed by atoms with Crippen LogP contribution >= 0.6 is 11.5 Å². The van der Waals surface area contributed by atoms with E-state index >= 15 is 0 Å². The Kier molecular flexibility index (Phi) is 2.59. The fraction of sp³-hybridized carbons (Fsp3) is 0. The molecule has 2 aromatic rings. The molecule has 0 spiro atoms. The third-order valence-corrected chi connectivity index (χ3v) is 2.46. The first-order valence-corrected chi connectivity index (χ1v) is 4.98. The van der Waals surface area contributed by atoms with E-state index in [0.717, 1.165) is 11.5 Å². The number of aromatic nitrogens is 2. The number of primary amides is 1. The number of nitrogens with zero attached hydrogens (tertiary/aromatic N) is 3. The molecule has 0 saturated carbocycles. The molecule has 15 heavy (non-hydrogen) atoms. The molecule has 0 unspecified atom stereocenters. The Bertz CT molecular complexity index is 442. The molecular formula is C9H8N4OS. The topological polar surface area (TPSA) is 72.1 Å². The number of hydrogen-bond donors (Lipinski definition) is 1. The lowest BCUT2D eigenvalue weighted by molar-refractivity contribution is 0.256. The van der Waals surface area contributed by atoms with Crippen LogP contribution in [0.25, 0.3) is 0 Å². The van der Waals surface area contributed by atoms with Crippen LogP contribution in [0.2, 0.25) is 0 Å². The third-order valence-electron chi connectivity index (χ3n) is 1.80. The van der Waals surface area contributed by atoms with E-state index in [1.54, 1.807) is 12.1 Å². The summed E-state index contributed by atoms with van der Waals surface area (Å²) in [5.41, 5.74) is 6.00. The molecule has 0 radical (unpaired) electrons. The molecule has 0 aliphatic heterocycles. The molecule has 1 aromatic heterocycles. The fourth-order valence-corrected chi connectivity index (χ4v) is 1.75. The number of hydrogen-bond acceptors (Lipinski definition) is 4. The van der Waals surface area contributed by atoms with Gasteiger partial charge in [0.1, 0.15) is 5.00 Å². The van der Waals surface area contributed by atoms with E-state index in [1.165, 1.54) is 11.1 Å². The molecule has 1 heterocycles. The molecule has 0 atom stereocenters. The van der Waals surface area contributed by atoms with E-state index in [9.17, 15) is 4.79 Å². The van der Waals surface area contributed by atoms with Crippen LogP contribution in [0.4, 0.5) is 15.5 Å². The number of anilines is 2. The zero-order valence-corrected chi connectivity index (χ0v) is 8.52. The van der Waals surface area contributed by atoms with Crippen LogP contribution in [0.5, 0.6) is 0 Å². The maximum absolute atomic E-state index is 11.3. The first-order valence-electron chi connectivity index (χ1n) is 4.21. The molecule has 2 amide bonds. The summed E-state index contributed by atoms with van der Waals surface area (Å²) < 4.78 is 3.69. The van der Waals surface area contributed by atoms with E-state index < -0.39 is 6.03 Å². The largest absolute Gasteiger partial charge is 0.351 e. The van der Waals surface area contributed by atoms with Crippen molar-refractivity contribution in [2.75, 3.05) is 4.90 Å². The van der Waals surface area contributed by atoms with Crippen LogP contribution < -0.4 is 10.6 Å². The number of urea groups is 1. The molecule has 0 bridgehead atoms. The van der Waals surface area contributed by atoms with Crippen molar-refractivity contribution in [3.05, 3.63) is 36.5 Å². The third kappa shape index (κ3) is 1.94. The minimum absolute atomic E-state index is 0.549. The van der Waals surface area contributed by atoms with Gasteiger partial charge in [0.25, 0.3) is 0 Å². The van der Waals surface area contributed by atoms with Crippen molar-refractivity contribution in [1.82, 2.24) is 9.59 Å². The van der Waals surface area contributed by atoms with E-state index in [1.807, 2.05) is 18.2 Å². The highest BCUT2D eigenvalue weighted by Crippen LogP contribution is 2.26. The van der Waals surface area contributed by atoms with Crippen LogP contribution in [-0.4, -0.2) is 15.6 Å². The molecule has 5 nitrogen and oxygen atoms in total. The predicted octanol–water partition coefficient (Wildman–Crippen LogP) is 1.75. The van der Waals surface area contributed by atoms with E-state index in [2.05, 4.69) is 9.59 Å². The fourth-order valence-electron chi connectivity index (χ4n) is 1.20. The maximum atomic E-state index is 11.3. The normalized spacial score (nSPS) is 9.87. The van der Waals surface area contributed by atoms with E-state index in [0.29, 0.717) is 10.7 Å². The Balaban J connectivity index is 2.42. The molecule has 76 valence electrons. The molecule has 0 aliphatic rings. The van der Waals surface area contributed by atoms with Crippen molar-refractivity contribution >= 4 is 28.3 Å². The van der Waals surface area contributed by atoms with Crippen LogP contribution in [0, 0.1) is 0 Å². The molecule has 0 fully saturated rings. The van der Waals surface area contributed by atoms with Crippen LogP contribution in [-0.2, 0) is 0 Å². The van der Waals surface area contributed by atoms with Gasteiger partial charge in [0, 0.05) is 11.5 Å². The van der Waals surface area contributed by atoms with Gasteiger partial charge in [-0.25, -0.2) is 4.79 Å². The number of amides is 2. The van der Waals surface area contributed by atoms with Crippen molar-refractivity contribution in [1.29, 1.82) is 0 Å². The average Bonchev–Trinajstić information content (AvgIpc) is 2.72. The summed E-state index contributed by atoms with van der Waals surface area (Å²) in [6, 6.07) is 8.58. The number of para-hydroxylation sites is 1. The summed E-state index contributed by atoms with van der Waals surface area (Å²) in [6.45, 7) is 0. The SMILES string of the molecule is NC(=O)N(c1ccccc1)c1cnns1. The highest BCUT2D eigenvalue weighted by Gasteiger charge is 2.16. The lowest BCUT2D eigenvalue weighted by atomic mass is 10.3. The molecule has 0 saturated heterocycles. The first kappa shape index (κ1) is 9.60. The van der Waals surface area contributed by atoms with Crippen molar-refractivity contribution < 1.29 is 4.79 Å². The predicted molar refractivity (Wildman–Crippen MR) is 58.1 cm³/mol. The summed E-state index contributed by atoms with van der Waals surface area (Å²) in [6.07, 6.45) is 1.50. The average molecular weight is 220 g/mol. The first-order chi connectivity index (χ1) is 7.29. The molecule has 0 aliphatic carbocycles. The van der Waals surface area contributed by atoms with Crippen molar-refractivity contribution in [3.63, 3.8) is 0 Å². The molecule has 2 rings (SSSR count). The molecule has 1 aromatic carbocycles. The van der Waals surface area contributed by atoms with Gasteiger partial charge in [-0.3, -0.25) is 4.90 Å². The van der Waals surface area contributed by atoms with E-state index in [-0.39, 0.29) is 0 Å². The smallest absolute Gasteiger partial charge is 0.324 e. The summed E-state index contributed by atoms with van der Waals surface area (Å²) in [4.78, 5) is 12.7. The van der Waals surface area contributed by atoms with Gasteiger partial charge < -0.3 is 5.73 Å². The van der Waals surface area contributed by atoms with Crippen molar-refractivity contribution in [3.8, 4) is 0 Å². The van der Waals surface area contributed by atoms with Crippen molar-refractivity contribution in [2.24, 2.45) is 5.73 Å². The number of rotatable bonds is 2. The van der Waals surface area contributed by atoms with Gasteiger partial charge in [-0.2, -0.15) is 0 Å². The maximum Gasteiger partial charge on any atom is 0.324 e. The highest BCUT2D eigenvalue weighted by molar-refractivity contribution is 7.10. The highest BCUT2D eigenvalue weighted by atomic mass is 32.1. The summed E-state index contributed by atoms with van der Waals surface area (Å²) >= 11 is 1.12. The number of nitrogens with two attached hydrogens (primary N) is 1. The second-order valence-corrected chi connectivity index (χ2v) is 3.53. The van der Waals surface area contributed by atoms with Crippen LogP contribution in [0.3, 0.4) is 0 Å². The van der Waals surface area contributed by atoms with Crippen LogP contribution in [0.1, 0.15) is 0 Å². The van der Waals surface area contributed by atoms with Gasteiger partial charge in [-0.15, -0.1) is 5.10 Å². The Hall–Kier alpha value is -1.95. The van der Waals surface area contributed by atoms with Crippen molar-refractivity contribution in [2.45, 2.75) is 0 Å². The number of carbonyl (C=O) groups excluding carboxylic acids is 1. The van der Waals surface area contributed by atoms with Gasteiger partial charge in [0.05, 0.1) is 11.9 Å². The van der Waals surface area contributed by atoms with E-state index in [4.69, 9.17) is 5.73 Å². The monoisotopic (exact) mass is 220 g/mol. The zero-order valence-electron chi connectivity index (χ0n) is 7.70. The van der Waals surface area contributed by atoms with Crippen LogP contribution in [0.15, 0.2) is 36.5 Å².